The predicted octanol–water partition coefficient (Wildman–Crippen LogP) is 3.34. The summed E-state index contributed by atoms with van der Waals surface area (Å²) in [4.78, 5) is 0. The van der Waals surface area contributed by atoms with Crippen molar-refractivity contribution in [3.63, 3.8) is 0 Å². The number of hydrogen-bond donors (Lipinski definition) is 3. The van der Waals surface area contributed by atoms with Crippen molar-refractivity contribution in [2.24, 2.45) is 5.10 Å². The maximum atomic E-state index is 9.75. The van der Waals surface area contributed by atoms with Crippen molar-refractivity contribution >= 4 is 29.2 Å². The maximum absolute atomic E-state index is 9.75. The summed E-state index contributed by atoms with van der Waals surface area (Å²) in [6, 6.07) is 11.2. The maximum Gasteiger partial charge on any atom is 0.191 e. The molecule has 6 heteroatoms. The number of ether oxygens (including phenoxy) is 1. The minimum absolute atomic E-state index is 0.310. The molecule has 2 rings (SSSR count). The molecule has 0 bridgehead atoms. The number of aromatic hydroxyl groups is 1. The van der Waals surface area contributed by atoms with E-state index in [2.05, 4.69) is 15.8 Å². The molecule has 0 unspecified atom stereocenters. The third-order valence-corrected chi connectivity index (χ3v) is 3.41. The van der Waals surface area contributed by atoms with E-state index >= 15 is 0 Å². The molecule has 0 aromatic heterocycles. The second-order valence-corrected chi connectivity index (χ2v) is 5.47. The lowest BCUT2D eigenvalue weighted by Crippen LogP contribution is -2.23. The van der Waals surface area contributed by atoms with Gasteiger partial charge in [-0.2, -0.15) is 5.10 Å². The van der Waals surface area contributed by atoms with Crippen LogP contribution in [0.3, 0.4) is 0 Å². The first-order valence-corrected chi connectivity index (χ1v) is 7.44. The molecular weight excluding hydrogens is 310 g/mol. The molecule has 0 spiro atoms. The molecule has 0 aliphatic carbocycles. The fraction of sp³-hybridized carbons (Fsp3) is 0.176. The van der Waals surface area contributed by atoms with E-state index in [1.165, 1.54) is 0 Å². The van der Waals surface area contributed by atoms with Crippen LogP contribution in [-0.2, 0) is 0 Å². The van der Waals surface area contributed by atoms with E-state index in [-0.39, 0.29) is 0 Å². The number of phenolic OH excluding ortho intramolecular Hbond substituents is 1. The van der Waals surface area contributed by atoms with Crippen LogP contribution in [0.4, 0.5) is 5.69 Å². The number of hydrazone groups is 1. The highest BCUT2D eigenvalue weighted by molar-refractivity contribution is 7.80. The zero-order chi connectivity index (χ0) is 16.8. The summed E-state index contributed by atoms with van der Waals surface area (Å²) in [5, 5.41) is 17.2. The molecule has 0 saturated carbocycles. The van der Waals surface area contributed by atoms with Gasteiger partial charge in [-0.3, -0.25) is 5.43 Å². The molecule has 23 heavy (non-hydrogen) atoms. The number of nitrogens with zero attached hydrogens (tertiary/aromatic N) is 1. The Bertz CT molecular complexity index is 721. The zero-order valence-electron chi connectivity index (χ0n) is 13.3. The Hall–Kier alpha value is -2.60. The van der Waals surface area contributed by atoms with Crippen LogP contribution < -0.4 is 15.5 Å². The van der Waals surface area contributed by atoms with Crippen molar-refractivity contribution in [1.29, 1.82) is 0 Å². The molecule has 5 nitrogen and oxygen atoms in total. The van der Waals surface area contributed by atoms with Crippen molar-refractivity contribution in [2.75, 3.05) is 12.4 Å². The number of thiocarbonyl (C=S) groups is 1. The summed E-state index contributed by atoms with van der Waals surface area (Å²) in [5.41, 5.74) is 6.07. The number of benzene rings is 2. The fourth-order valence-electron chi connectivity index (χ4n) is 2.09. The van der Waals surface area contributed by atoms with Crippen LogP contribution in [0.1, 0.15) is 16.7 Å². The summed E-state index contributed by atoms with van der Waals surface area (Å²) in [5.74, 6) is 1.06. The normalized spacial score (nSPS) is 10.6. The number of anilines is 1. The minimum atomic E-state index is 0.310. The molecule has 0 saturated heterocycles. The van der Waals surface area contributed by atoms with Gasteiger partial charge in [0.15, 0.2) is 5.11 Å². The quantitative estimate of drug-likeness (QED) is 0.456. The van der Waals surface area contributed by atoms with Crippen LogP contribution in [0.2, 0.25) is 0 Å². The van der Waals surface area contributed by atoms with Crippen LogP contribution in [0.5, 0.6) is 11.5 Å². The Morgan fingerprint density at radius 3 is 2.57 bits per heavy atom. The van der Waals surface area contributed by atoms with Gasteiger partial charge >= 0.3 is 0 Å². The Kier molecular flexibility index (Phi) is 5.54. The molecule has 0 aliphatic heterocycles. The van der Waals surface area contributed by atoms with E-state index in [9.17, 15) is 5.11 Å². The Morgan fingerprint density at radius 2 is 1.91 bits per heavy atom. The minimum Gasteiger partial charge on any atom is -0.507 e. The molecular formula is C17H19N3O2S. The van der Waals surface area contributed by atoms with Crippen molar-refractivity contribution in [3.8, 4) is 11.5 Å². The Morgan fingerprint density at radius 1 is 1.22 bits per heavy atom. The van der Waals surface area contributed by atoms with E-state index in [1.54, 1.807) is 13.3 Å². The topological polar surface area (TPSA) is 65.9 Å². The summed E-state index contributed by atoms with van der Waals surface area (Å²) < 4.78 is 5.15. The van der Waals surface area contributed by atoms with Gasteiger partial charge in [-0.05, 0) is 67.0 Å². The highest BCUT2D eigenvalue weighted by Gasteiger charge is 2.02. The summed E-state index contributed by atoms with van der Waals surface area (Å²) in [6.07, 6.45) is 1.65. The largest absolute Gasteiger partial charge is 0.507 e. The Labute approximate surface area is 141 Å². The number of aryl methyl sites for hydroxylation is 2. The lowest BCUT2D eigenvalue weighted by molar-refractivity contribution is 0.415. The molecule has 0 atom stereocenters. The average molecular weight is 329 g/mol. The van der Waals surface area contributed by atoms with Gasteiger partial charge in [0.1, 0.15) is 11.5 Å². The first-order valence-electron chi connectivity index (χ1n) is 7.04. The van der Waals surface area contributed by atoms with Gasteiger partial charge in [0.05, 0.1) is 13.3 Å². The molecule has 3 N–H and O–H groups in total. The molecule has 0 fully saturated rings. The molecule has 0 amide bonds. The summed E-state index contributed by atoms with van der Waals surface area (Å²) in [7, 11) is 1.61. The number of hydrogen-bond acceptors (Lipinski definition) is 4. The van der Waals surface area contributed by atoms with Gasteiger partial charge in [0, 0.05) is 11.8 Å². The Balaban J connectivity index is 1.96. The predicted molar refractivity (Wildman–Crippen MR) is 97.5 cm³/mol. The van der Waals surface area contributed by atoms with Gasteiger partial charge in [-0.1, -0.05) is 6.07 Å². The van der Waals surface area contributed by atoms with Crippen molar-refractivity contribution < 1.29 is 9.84 Å². The monoisotopic (exact) mass is 329 g/mol. The molecule has 2 aromatic rings. The van der Waals surface area contributed by atoms with Crippen LogP contribution in [-0.4, -0.2) is 23.5 Å². The standard InChI is InChI=1S/C17H19N3O2S/c1-11-7-13(8-12(2)16(11)21)10-18-20-17(23)19-14-5-4-6-15(9-14)22-3/h4-10,21H,1-3H3,(H2,19,20,23)/b18-10+. The number of rotatable bonds is 4. The molecule has 0 heterocycles. The lowest BCUT2D eigenvalue weighted by atomic mass is 10.1. The first-order chi connectivity index (χ1) is 11.0. The molecule has 120 valence electrons. The van der Waals surface area contributed by atoms with E-state index in [4.69, 9.17) is 17.0 Å². The average Bonchev–Trinajstić information content (AvgIpc) is 2.52. The molecule has 0 radical (unpaired) electrons. The van der Waals surface area contributed by atoms with Crippen molar-refractivity contribution in [3.05, 3.63) is 53.1 Å². The summed E-state index contributed by atoms with van der Waals surface area (Å²) in [6.45, 7) is 3.70. The summed E-state index contributed by atoms with van der Waals surface area (Å²) >= 11 is 5.19. The number of nitrogens with one attached hydrogen (secondary N) is 2. The van der Waals surface area contributed by atoms with E-state index in [1.807, 2.05) is 50.2 Å². The highest BCUT2D eigenvalue weighted by Crippen LogP contribution is 2.22. The molecule has 2 aromatic carbocycles. The third-order valence-electron chi connectivity index (χ3n) is 3.22. The smallest absolute Gasteiger partial charge is 0.191 e. The van der Waals surface area contributed by atoms with Crippen LogP contribution in [0.25, 0.3) is 0 Å². The highest BCUT2D eigenvalue weighted by atomic mass is 32.1. The van der Waals surface area contributed by atoms with Gasteiger partial charge in [0.25, 0.3) is 0 Å². The SMILES string of the molecule is COc1cccc(NC(=S)N/N=C/c2cc(C)c(O)c(C)c2)c1. The third kappa shape index (κ3) is 4.69. The van der Waals surface area contributed by atoms with Crippen molar-refractivity contribution in [2.45, 2.75) is 13.8 Å². The van der Waals surface area contributed by atoms with Crippen LogP contribution in [0.15, 0.2) is 41.5 Å². The zero-order valence-corrected chi connectivity index (χ0v) is 14.1. The van der Waals surface area contributed by atoms with Gasteiger partial charge in [-0.15, -0.1) is 0 Å². The first kappa shape index (κ1) is 16.8. The van der Waals surface area contributed by atoms with Crippen LogP contribution in [0, 0.1) is 13.8 Å². The lowest BCUT2D eigenvalue weighted by Gasteiger charge is -2.08. The van der Waals surface area contributed by atoms with E-state index in [0.29, 0.717) is 10.9 Å². The second kappa shape index (κ2) is 7.60. The number of phenols is 1. The fourth-order valence-corrected chi connectivity index (χ4v) is 2.26. The van der Waals surface area contributed by atoms with Crippen molar-refractivity contribution in [1.82, 2.24) is 5.43 Å². The van der Waals surface area contributed by atoms with Crippen LogP contribution >= 0.6 is 12.2 Å². The second-order valence-electron chi connectivity index (χ2n) is 5.06. The van der Waals surface area contributed by atoms with Gasteiger partial charge < -0.3 is 15.2 Å². The van der Waals surface area contributed by atoms with E-state index < -0.39 is 0 Å². The van der Waals surface area contributed by atoms with Gasteiger partial charge in [0.2, 0.25) is 0 Å². The molecule has 0 aliphatic rings. The number of methoxy groups -OCH3 is 1. The van der Waals surface area contributed by atoms with E-state index in [0.717, 1.165) is 28.1 Å². The van der Waals surface area contributed by atoms with Gasteiger partial charge in [-0.25, -0.2) is 0 Å².